The number of thioether (sulfide) groups is 1. The van der Waals surface area contributed by atoms with Gasteiger partial charge in [0, 0.05) is 22.2 Å². The van der Waals surface area contributed by atoms with E-state index in [9.17, 15) is 4.79 Å². The highest BCUT2D eigenvalue weighted by Gasteiger charge is 2.31. The van der Waals surface area contributed by atoms with Crippen LogP contribution in [0.15, 0.2) is 59.6 Å². The number of ether oxygens (including phenoxy) is 2. The first-order valence-electron chi connectivity index (χ1n) is 11.0. The van der Waals surface area contributed by atoms with Crippen molar-refractivity contribution in [3.05, 3.63) is 65.0 Å². The summed E-state index contributed by atoms with van der Waals surface area (Å²) in [5.41, 5.74) is 2.60. The smallest absolute Gasteiger partial charge is 0.234 e. The Balaban J connectivity index is 1.49. The van der Waals surface area contributed by atoms with Crippen LogP contribution in [0.25, 0.3) is 21.6 Å². The molecule has 174 valence electrons. The molecule has 0 spiro atoms. The average molecular weight is 492 g/mol. The van der Waals surface area contributed by atoms with E-state index in [0.29, 0.717) is 23.9 Å². The van der Waals surface area contributed by atoms with Crippen LogP contribution in [0, 0.1) is 0 Å². The van der Waals surface area contributed by atoms with Crippen molar-refractivity contribution in [2.45, 2.75) is 37.5 Å². The highest BCUT2D eigenvalue weighted by Crippen LogP contribution is 2.42. The molecule has 0 radical (unpaired) electrons. The number of carbonyl (C=O) groups excluding carboxylic acids is 1. The van der Waals surface area contributed by atoms with Crippen LogP contribution in [-0.2, 0) is 22.6 Å². The summed E-state index contributed by atoms with van der Waals surface area (Å²) in [5, 5.41) is 4.83. The molecule has 0 saturated heterocycles. The van der Waals surface area contributed by atoms with Gasteiger partial charge >= 0.3 is 0 Å². The number of carbonyl (C=O) groups is 1. The third kappa shape index (κ3) is 4.66. The minimum absolute atomic E-state index is 0.115. The van der Waals surface area contributed by atoms with Gasteiger partial charge in [-0.2, -0.15) is 0 Å². The fourth-order valence-electron chi connectivity index (χ4n) is 4.00. The van der Waals surface area contributed by atoms with Gasteiger partial charge in [-0.25, -0.2) is 9.97 Å². The molecule has 0 unspecified atom stereocenters. The van der Waals surface area contributed by atoms with Gasteiger partial charge in [0.2, 0.25) is 5.91 Å². The number of aromatic nitrogens is 2. The number of fused-ring (bicyclic) bond motifs is 3. The number of para-hydroxylation sites is 2. The SMILES string of the molecule is COc1ccccc1NC(=O)CSc1nc(-c2ccccc2)nc2sc3c(c12)CC(C)(C)OC3. The molecular weight excluding hydrogens is 466 g/mol. The number of hydrogen-bond donors (Lipinski definition) is 1. The summed E-state index contributed by atoms with van der Waals surface area (Å²) in [5.74, 6) is 1.41. The monoisotopic (exact) mass is 491 g/mol. The van der Waals surface area contributed by atoms with Crippen molar-refractivity contribution in [1.29, 1.82) is 0 Å². The van der Waals surface area contributed by atoms with Gasteiger partial charge in [-0.1, -0.05) is 54.2 Å². The summed E-state index contributed by atoms with van der Waals surface area (Å²) in [6.45, 7) is 4.78. The molecule has 1 amide bonds. The lowest BCUT2D eigenvalue weighted by Crippen LogP contribution is -2.31. The molecule has 2 aromatic carbocycles. The van der Waals surface area contributed by atoms with Crippen molar-refractivity contribution < 1.29 is 14.3 Å². The number of methoxy groups -OCH3 is 1. The zero-order chi connectivity index (χ0) is 23.7. The van der Waals surface area contributed by atoms with Gasteiger partial charge < -0.3 is 14.8 Å². The number of rotatable bonds is 6. The maximum Gasteiger partial charge on any atom is 0.234 e. The Hall–Kier alpha value is -2.94. The van der Waals surface area contributed by atoms with Crippen molar-refractivity contribution in [3.8, 4) is 17.1 Å². The van der Waals surface area contributed by atoms with Crippen LogP contribution in [-0.4, -0.2) is 34.3 Å². The van der Waals surface area contributed by atoms with E-state index in [2.05, 4.69) is 19.2 Å². The first kappa shape index (κ1) is 22.8. The van der Waals surface area contributed by atoms with E-state index in [1.54, 1.807) is 18.4 Å². The van der Waals surface area contributed by atoms with Gasteiger partial charge in [0.25, 0.3) is 0 Å². The molecule has 0 fully saturated rings. The van der Waals surface area contributed by atoms with Gasteiger partial charge in [-0.15, -0.1) is 11.3 Å². The number of nitrogens with one attached hydrogen (secondary N) is 1. The largest absolute Gasteiger partial charge is 0.495 e. The number of hydrogen-bond acceptors (Lipinski definition) is 7. The minimum Gasteiger partial charge on any atom is -0.495 e. The second-order valence-corrected chi connectivity index (χ2v) is 10.7. The molecule has 2 aromatic heterocycles. The minimum atomic E-state index is -0.248. The molecule has 8 heteroatoms. The summed E-state index contributed by atoms with van der Waals surface area (Å²) in [6, 6.07) is 17.3. The van der Waals surface area contributed by atoms with E-state index in [1.807, 2.05) is 54.6 Å². The Kier molecular flexibility index (Phi) is 6.29. The van der Waals surface area contributed by atoms with Gasteiger partial charge in [0.1, 0.15) is 15.6 Å². The van der Waals surface area contributed by atoms with Crippen LogP contribution in [0.5, 0.6) is 5.75 Å². The van der Waals surface area contributed by atoms with E-state index in [0.717, 1.165) is 27.2 Å². The average Bonchev–Trinajstić information content (AvgIpc) is 3.20. The number of anilines is 1. The van der Waals surface area contributed by atoms with Gasteiger partial charge in [0.05, 0.1) is 30.8 Å². The van der Waals surface area contributed by atoms with Crippen molar-refractivity contribution in [3.63, 3.8) is 0 Å². The second-order valence-electron chi connectivity index (χ2n) is 8.66. The molecule has 4 aromatic rings. The molecule has 1 aliphatic heterocycles. The zero-order valence-corrected chi connectivity index (χ0v) is 20.9. The topological polar surface area (TPSA) is 73.3 Å². The Bertz CT molecular complexity index is 1350. The Morgan fingerprint density at radius 3 is 2.71 bits per heavy atom. The highest BCUT2D eigenvalue weighted by atomic mass is 32.2. The standard InChI is InChI=1S/C26H25N3O3S2/c1-26(2)13-17-20(14-32-26)34-25-22(17)24(28-23(29-25)16-9-5-4-6-10-16)33-15-21(30)27-18-11-7-8-12-19(18)31-3/h4-12H,13-15H2,1-3H3,(H,27,30). The van der Waals surface area contributed by atoms with E-state index in [4.69, 9.17) is 19.4 Å². The predicted octanol–water partition coefficient (Wildman–Crippen LogP) is 5.95. The fourth-order valence-corrected chi connectivity index (χ4v) is 6.02. The molecule has 0 aliphatic carbocycles. The molecule has 34 heavy (non-hydrogen) atoms. The Morgan fingerprint density at radius 2 is 1.91 bits per heavy atom. The van der Waals surface area contributed by atoms with E-state index >= 15 is 0 Å². The molecule has 1 aliphatic rings. The lowest BCUT2D eigenvalue weighted by molar-refractivity contribution is -0.113. The first-order chi connectivity index (χ1) is 16.4. The van der Waals surface area contributed by atoms with Crippen molar-refractivity contribution in [1.82, 2.24) is 9.97 Å². The third-order valence-electron chi connectivity index (χ3n) is 5.65. The van der Waals surface area contributed by atoms with Crippen molar-refractivity contribution in [2.24, 2.45) is 0 Å². The predicted molar refractivity (Wildman–Crippen MR) is 138 cm³/mol. The molecule has 5 rings (SSSR count). The summed E-state index contributed by atoms with van der Waals surface area (Å²) in [6.07, 6.45) is 0.789. The molecule has 0 saturated carbocycles. The van der Waals surface area contributed by atoms with Gasteiger partial charge in [0.15, 0.2) is 5.82 Å². The number of benzene rings is 2. The van der Waals surface area contributed by atoms with Crippen LogP contribution in [0.2, 0.25) is 0 Å². The van der Waals surface area contributed by atoms with E-state index in [-0.39, 0.29) is 17.3 Å². The normalized spacial score (nSPS) is 14.6. The number of nitrogens with zero attached hydrogens (tertiary/aromatic N) is 2. The highest BCUT2D eigenvalue weighted by molar-refractivity contribution is 8.00. The molecule has 0 atom stereocenters. The second kappa shape index (κ2) is 9.37. The summed E-state index contributed by atoms with van der Waals surface area (Å²) in [7, 11) is 1.59. The van der Waals surface area contributed by atoms with Crippen LogP contribution in [0.3, 0.4) is 0 Å². The fraction of sp³-hybridized carbons (Fsp3) is 0.269. The van der Waals surface area contributed by atoms with Crippen molar-refractivity contribution in [2.75, 3.05) is 18.2 Å². The van der Waals surface area contributed by atoms with Crippen LogP contribution in [0.1, 0.15) is 24.3 Å². The molecule has 3 heterocycles. The van der Waals surface area contributed by atoms with Gasteiger partial charge in [-0.05, 0) is 31.5 Å². The first-order valence-corrected chi connectivity index (χ1v) is 12.8. The van der Waals surface area contributed by atoms with Crippen LogP contribution in [0.4, 0.5) is 5.69 Å². The lowest BCUT2D eigenvalue weighted by Gasteiger charge is -2.30. The maximum absolute atomic E-state index is 12.8. The van der Waals surface area contributed by atoms with Crippen LogP contribution >= 0.6 is 23.1 Å². The van der Waals surface area contributed by atoms with Crippen LogP contribution < -0.4 is 10.1 Å². The maximum atomic E-state index is 12.8. The number of amides is 1. The van der Waals surface area contributed by atoms with E-state index < -0.39 is 0 Å². The lowest BCUT2D eigenvalue weighted by atomic mass is 9.94. The van der Waals surface area contributed by atoms with E-state index in [1.165, 1.54) is 22.2 Å². The molecule has 1 N–H and O–H groups in total. The quantitative estimate of drug-likeness (QED) is 0.265. The summed E-state index contributed by atoms with van der Waals surface area (Å²) in [4.78, 5) is 24.8. The van der Waals surface area contributed by atoms with Crippen molar-refractivity contribution >= 4 is 44.9 Å². The summed E-state index contributed by atoms with van der Waals surface area (Å²) >= 11 is 3.10. The third-order valence-corrected chi connectivity index (χ3v) is 7.73. The Labute approximate surface area is 206 Å². The van der Waals surface area contributed by atoms with Gasteiger partial charge in [-0.3, -0.25) is 4.79 Å². The Morgan fingerprint density at radius 1 is 1.15 bits per heavy atom. The molecular formula is C26H25N3O3S2. The molecule has 0 bridgehead atoms. The summed E-state index contributed by atoms with van der Waals surface area (Å²) < 4.78 is 11.4. The zero-order valence-electron chi connectivity index (χ0n) is 19.3. The molecule has 6 nitrogen and oxygen atoms in total. The number of thiophene rings is 1.